The molecule has 0 spiro atoms. The lowest BCUT2D eigenvalue weighted by molar-refractivity contribution is -0.0106. The van der Waals surface area contributed by atoms with Crippen molar-refractivity contribution in [2.24, 2.45) is 0 Å². The van der Waals surface area contributed by atoms with E-state index in [1.165, 1.54) is 0 Å². The molecule has 0 aliphatic carbocycles. The van der Waals surface area contributed by atoms with E-state index in [4.69, 9.17) is 14.5 Å². The average molecular weight is 237 g/mol. The van der Waals surface area contributed by atoms with E-state index in [0.29, 0.717) is 18.1 Å². The fourth-order valence-corrected chi connectivity index (χ4v) is 1.45. The third-order valence-electron chi connectivity index (χ3n) is 3.15. The molecule has 17 heavy (non-hydrogen) atoms. The van der Waals surface area contributed by atoms with Gasteiger partial charge in [0.25, 0.3) is 0 Å². The molecule has 0 N–H and O–H groups in total. The van der Waals surface area contributed by atoms with Crippen molar-refractivity contribution in [2.75, 3.05) is 7.11 Å². The Balaban J connectivity index is 2.81. The second kappa shape index (κ2) is 5.78. The van der Waals surface area contributed by atoms with Crippen molar-refractivity contribution in [3.8, 4) is 6.07 Å². The number of methoxy groups -OCH3 is 1. The highest BCUT2D eigenvalue weighted by Gasteiger charge is 2.30. The topological polar surface area (TPSA) is 71.9 Å². The molecule has 0 aliphatic heterocycles. The van der Waals surface area contributed by atoms with Crippen molar-refractivity contribution in [1.82, 2.24) is 10.1 Å². The third kappa shape index (κ3) is 3.04. The molecular formula is C12H19N3O2. The Kier molecular flexibility index (Phi) is 4.64. The quantitative estimate of drug-likeness (QED) is 0.760. The molecule has 5 heteroatoms. The summed E-state index contributed by atoms with van der Waals surface area (Å²) in [7, 11) is 1.64. The van der Waals surface area contributed by atoms with Crippen LogP contribution >= 0.6 is 0 Å². The highest BCUT2D eigenvalue weighted by Crippen LogP contribution is 2.27. The maximum absolute atomic E-state index is 8.54. The first-order valence-electron chi connectivity index (χ1n) is 5.83. The van der Waals surface area contributed by atoms with Crippen LogP contribution in [0.3, 0.4) is 0 Å². The molecule has 0 saturated heterocycles. The zero-order chi connectivity index (χ0) is 12.9. The summed E-state index contributed by atoms with van der Waals surface area (Å²) in [6.45, 7) is 5.92. The van der Waals surface area contributed by atoms with Gasteiger partial charge in [-0.2, -0.15) is 10.2 Å². The molecule has 1 rings (SSSR count). The summed E-state index contributed by atoms with van der Waals surface area (Å²) in [5.74, 6) is 1.25. The minimum Gasteiger partial charge on any atom is -0.370 e. The highest BCUT2D eigenvalue weighted by atomic mass is 16.5. The van der Waals surface area contributed by atoms with Gasteiger partial charge >= 0.3 is 0 Å². The average Bonchev–Trinajstić information content (AvgIpc) is 2.85. The number of nitriles is 1. The summed E-state index contributed by atoms with van der Waals surface area (Å²) < 4.78 is 10.6. The summed E-state index contributed by atoms with van der Waals surface area (Å²) in [6, 6.07) is 2.11. The van der Waals surface area contributed by atoms with Gasteiger partial charge in [-0.3, -0.25) is 0 Å². The summed E-state index contributed by atoms with van der Waals surface area (Å²) in [6.07, 6.45) is 2.00. The van der Waals surface area contributed by atoms with Gasteiger partial charge in [-0.05, 0) is 19.8 Å². The highest BCUT2D eigenvalue weighted by molar-refractivity contribution is 5.01. The Morgan fingerprint density at radius 2 is 2.29 bits per heavy atom. The Labute approximate surface area is 102 Å². The van der Waals surface area contributed by atoms with Gasteiger partial charge in [0, 0.05) is 19.4 Å². The molecule has 0 saturated carbocycles. The Morgan fingerprint density at radius 1 is 1.59 bits per heavy atom. The van der Waals surface area contributed by atoms with Gasteiger partial charge in [-0.1, -0.05) is 19.0 Å². The Bertz CT molecular complexity index is 391. The molecule has 0 radical (unpaired) electrons. The second-order valence-corrected chi connectivity index (χ2v) is 4.34. The van der Waals surface area contributed by atoms with Crippen LogP contribution in [0, 0.1) is 11.3 Å². The Hall–Kier alpha value is -1.41. The Morgan fingerprint density at radius 3 is 2.82 bits per heavy atom. The minimum atomic E-state index is -0.503. The fraction of sp³-hybridized carbons (Fsp3) is 0.750. The number of nitrogens with zero attached hydrogens (tertiary/aromatic N) is 3. The van der Waals surface area contributed by atoms with Gasteiger partial charge in [0.05, 0.1) is 6.07 Å². The predicted molar refractivity (Wildman–Crippen MR) is 62.2 cm³/mol. The number of ether oxygens (including phenoxy) is 1. The molecule has 1 aromatic heterocycles. The lowest BCUT2D eigenvalue weighted by Crippen LogP contribution is -2.24. The van der Waals surface area contributed by atoms with Crippen LogP contribution in [0.25, 0.3) is 0 Å². The first kappa shape index (κ1) is 13.7. The van der Waals surface area contributed by atoms with E-state index in [0.717, 1.165) is 12.8 Å². The van der Waals surface area contributed by atoms with Crippen molar-refractivity contribution in [1.29, 1.82) is 5.26 Å². The molecular weight excluding hydrogens is 218 g/mol. The smallest absolute Gasteiger partial charge is 0.229 e. The van der Waals surface area contributed by atoms with Crippen LogP contribution < -0.4 is 0 Å². The summed E-state index contributed by atoms with van der Waals surface area (Å²) in [5.41, 5.74) is -0.503. The number of aromatic nitrogens is 2. The second-order valence-electron chi connectivity index (χ2n) is 4.34. The largest absolute Gasteiger partial charge is 0.370 e. The minimum absolute atomic E-state index is 0.105. The van der Waals surface area contributed by atoms with Crippen molar-refractivity contribution in [3.63, 3.8) is 0 Å². The van der Waals surface area contributed by atoms with Crippen LogP contribution in [-0.4, -0.2) is 17.3 Å². The van der Waals surface area contributed by atoms with E-state index < -0.39 is 5.60 Å². The summed E-state index contributed by atoms with van der Waals surface area (Å²) >= 11 is 0. The van der Waals surface area contributed by atoms with E-state index in [9.17, 15) is 0 Å². The van der Waals surface area contributed by atoms with Crippen LogP contribution in [-0.2, 0) is 10.3 Å². The van der Waals surface area contributed by atoms with Gasteiger partial charge in [-0.25, -0.2) is 0 Å². The van der Waals surface area contributed by atoms with Gasteiger partial charge in [0.2, 0.25) is 11.7 Å². The maximum atomic E-state index is 8.54. The molecule has 2 unspecified atom stereocenters. The lowest BCUT2D eigenvalue weighted by Gasteiger charge is -2.21. The van der Waals surface area contributed by atoms with Crippen LogP contribution in [0.2, 0.25) is 0 Å². The molecule has 0 aliphatic rings. The van der Waals surface area contributed by atoms with Crippen LogP contribution in [0.15, 0.2) is 4.52 Å². The normalized spacial score (nSPS) is 16.2. The molecule has 0 bridgehead atoms. The molecule has 0 amide bonds. The van der Waals surface area contributed by atoms with E-state index in [1.807, 2.05) is 20.8 Å². The summed E-state index contributed by atoms with van der Waals surface area (Å²) in [4.78, 5) is 4.36. The predicted octanol–water partition coefficient (Wildman–Crippen LogP) is 2.75. The van der Waals surface area contributed by atoms with Gasteiger partial charge < -0.3 is 9.26 Å². The molecule has 5 nitrogen and oxygen atoms in total. The van der Waals surface area contributed by atoms with Gasteiger partial charge in [0.15, 0.2) is 0 Å². The van der Waals surface area contributed by atoms with Gasteiger partial charge in [0.1, 0.15) is 5.60 Å². The first-order chi connectivity index (χ1) is 8.07. The van der Waals surface area contributed by atoms with Crippen LogP contribution in [0.4, 0.5) is 0 Å². The fourth-order valence-electron chi connectivity index (χ4n) is 1.45. The van der Waals surface area contributed by atoms with Crippen molar-refractivity contribution < 1.29 is 9.26 Å². The molecule has 0 fully saturated rings. The summed E-state index contributed by atoms with van der Waals surface area (Å²) in [5, 5.41) is 12.5. The van der Waals surface area contributed by atoms with Crippen LogP contribution in [0.1, 0.15) is 57.7 Å². The number of hydrogen-bond donors (Lipinski definition) is 0. The molecule has 0 aromatic carbocycles. The van der Waals surface area contributed by atoms with E-state index in [1.54, 1.807) is 7.11 Å². The zero-order valence-electron chi connectivity index (χ0n) is 10.9. The molecule has 1 aromatic rings. The van der Waals surface area contributed by atoms with E-state index in [2.05, 4.69) is 16.2 Å². The standard InChI is InChI=1S/C12H19N3O2/c1-5-12(3,16-4)11-14-10(17-15-11)9(2)7-6-8-13/h9H,5-7H2,1-4H3. The number of rotatable bonds is 6. The maximum Gasteiger partial charge on any atom is 0.229 e. The molecule has 94 valence electrons. The lowest BCUT2D eigenvalue weighted by atomic mass is 10.0. The first-order valence-corrected chi connectivity index (χ1v) is 5.83. The third-order valence-corrected chi connectivity index (χ3v) is 3.15. The van der Waals surface area contributed by atoms with Crippen LogP contribution in [0.5, 0.6) is 0 Å². The zero-order valence-corrected chi connectivity index (χ0v) is 10.9. The monoisotopic (exact) mass is 237 g/mol. The number of hydrogen-bond acceptors (Lipinski definition) is 5. The SMILES string of the molecule is CCC(C)(OC)c1noc(C(C)CCC#N)n1. The van der Waals surface area contributed by atoms with Crippen molar-refractivity contribution >= 4 is 0 Å². The van der Waals surface area contributed by atoms with Crippen molar-refractivity contribution in [2.45, 2.75) is 51.6 Å². The molecule has 1 heterocycles. The van der Waals surface area contributed by atoms with E-state index in [-0.39, 0.29) is 5.92 Å². The van der Waals surface area contributed by atoms with E-state index >= 15 is 0 Å². The molecule has 2 atom stereocenters. The van der Waals surface area contributed by atoms with Crippen molar-refractivity contribution in [3.05, 3.63) is 11.7 Å². The van der Waals surface area contributed by atoms with Gasteiger partial charge in [-0.15, -0.1) is 0 Å².